The van der Waals surface area contributed by atoms with Crippen molar-refractivity contribution < 1.29 is 9.59 Å². The average Bonchev–Trinajstić information content (AvgIpc) is 2.56. The molecule has 2 amide bonds. The second-order valence-corrected chi connectivity index (χ2v) is 5.98. The first-order valence-electron chi connectivity index (χ1n) is 8.22. The van der Waals surface area contributed by atoms with Gasteiger partial charge in [0, 0.05) is 12.2 Å². The molecule has 0 fully saturated rings. The van der Waals surface area contributed by atoms with Crippen molar-refractivity contribution in [3.05, 3.63) is 65.2 Å². The fourth-order valence-corrected chi connectivity index (χ4v) is 2.44. The summed E-state index contributed by atoms with van der Waals surface area (Å²) in [5.74, 6) is -0.532. The number of hydrogen-bond donors (Lipinski definition) is 2. The second kappa shape index (κ2) is 8.87. The summed E-state index contributed by atoms with van der Waals surface area (Å²) in [7, 11) is 0. The van der Waals surface area contributed by atoms with Crippen LogP contribution < -0.4 is 10.6 Å². The Bertz CT molecular complexity index is 696. The van der Waals surface area contributed by atoms with Gasteiger partial charge in [-0.15, -0.1) is 0 Å². The minimum Gasteiger partial charge on any atom is -0.356 e. The molecular formula is C20H24N2O2. The Morgan fingerprint density at radius 3 is 2.46 bits per heavy atom. The molecule has 24 heavy (non-hydrogen) atoms. The summed E-state index contributed by atoms with van der Waals surface area (Å²) < 4.78 is 0. The molecule has 0 saturated carbocycles. The lowest BCUT2D eigenvalue weighted by molar-refractivity contribution is -0.126. The van der Waals surface area contributed by atoms with E-state index in [4.69, 9.17) is 0 Å². The highest BCUT2D eigenvalue weighted by Crippen LogP contribution is 2.16. The number of carbonyl (C=O) groups is 2. The van der Waals surface area contributed by atoms with E-state index in [1.54, 1.807) is 0 Å². The predicted molar refractivity (Wildman–Crippen MR) is 96.9 cm³/mol. The van der Waals surface area contributed by atoms with Crippen molar-refractivity contribution >= 4 is 17.5 Å². The van der Waals surface area contributed by atoms with Crippen molar-refractivity contribution in [1.29, 1.82) is 0 Å². The molecule has 0 aliphatic rings. The standard InChI is InChI=1S/C20H24N2O2/c1-15-10-11-16(2)18(13-15)22-20(24)14-19(23)21-12-6-9-17-7-4-3-5-8-17/h3-5,7-8,10-11,13H,6,9,12,14H2,1-2H3,(H,21,23)(H,22,24). The zero-order chi connectivity index (χ0) is 17.4. The molecule has 2 rings (SSSR count). The maximum atomic E-state index is 12.0. The van der Waals surface area contributed by atoms with E-state index in [-0.39, 0.29) is 18.2 Å². The van der Waals surface area contributed by atoms with Gasteiger partial charge < -0.3 is 10.6 Å². The average molecular weight is 324 g/mol. The van der Waals surface area contributed by atoms with Gasteiger partial charge in [0.05, 0.1) is 0 Å². The van der Waals surface area contributed by atoms with E-state index < -0.39 is 0 Å². The quantitative estimate of drug-likeness (QED) is 0.606. The third-order valence-electron chi connectivity index (χ3n) is 3.80. The summed E-state index contributed by atoms with van der Waals surface area (Å²) in [6, 6.07) is 16.0. The molecule has 2 N–H and O–H groups in total. The highest BCUT2D eigenvalue weighted by atomic mass is 16.2. The van der Waals surface area contributed by atoms with Crippen molar-refractivity contribution in [3.8, 4) is 0 Å². The van der Waals surface area contributed by atoms with Crippen LogP contribution in [0.4, 0.5) is 5.69 Å². The van der Waals surface area contributed by atoms with Crippen LogP contribution >= 0.6 is 0 Å². The van der Waals surface area contributed by atoms with Crippen molar-refractivity contribution in [2.24, 2.45) is 0 Å². The lowest BCUT2D eigenvalue weighted by atomic mass is 10.1. The van der Waals surface area contributed by atoms with E-state index in [2.05, 4.69) is 22.8 Å². The van der Waals surface area contributed by atoms with Crippen molar-refractivity contribution in [2.75, 3.05) is 11.9 Å². The molecule has 0 aliphatic heterocycles. The molecule has 4 nitrogen and oxygen atoms in total. The van der Waals surface area contributed by atoms with E-state index in [1.807, 2.05) is 50.2 Å². The van der Waals surface area contributed by atoms with Gasteiger partial charge in [-0.25, -0.2) is 0 Å². The molecule has 0 heterocycles. The van der Waals surface area contributed by atoms with Gasteiger partial charge in [0.1, 0.15) is 6.42 Å². The predicted octanol–water partition coefficient (Wildman–Crippen LogP) is 3.38. The lowest BCUT2D eigenvalue weighted by Crippen LogP contribution is -2.29. The second-order valence-electron chi connectivity index (χ2n) is 5.98. The van der Waals surface area contributed by atoms with Gasteiger partial charge in [-0.2, -0.15) is 0 Å². The number of hydrogen-bond acceptors (Lipinski definition) is 2. The number of aryl methyl sites for hydroxylation is 3. The summed E-state index contributed by atoms with van der Waals surface area (Å²) in [5.41, 5.74) is 4.06. The lowest BCUT2D eigenvalue weighted by Gasteiger charge is -2.09. The van der Waals surface area contributed by atoms with E-state index in [9.17, 15) is 9.59 Å². The Hall–Kier alpha value is -2.62. The van der Waals surface area contributed by atoms with Crippen LogP contribution in [0.3, 0.4) is 0 Å². The van der Waals surface area contributed by atoms with Crippen molar-refractivity contribution in [1.82, 2.24) is 5.32 Å². The van der Waals surface area contributed by atoms with Crippen molar-refractivity contribution in [3.63, 3.8) is 0 Å². The van der Waals surface area contributed by atoms with Gasteiger partial charge in [0.25, 0.3) is 0 Å². The summed E-state index contributed by atoms with van der Waals surface area (Å²) in [5, 5.41) is 5.59. The normalized spacial score (nSPS) is 10.2. The van der Waals surface area contributed by atoms with Gasteiger partial charge in [-0.05, 0) is 49.4 Å². The Morgan fingerprint density at radius 1 is 0.958 bits per heavy atom. The zero-order valence-corrected chi connectivity index (χ0v) is 14.3. The molecule has 0 aromatic heterocycles. The van der Waals surface area contributed by atoms with Gasteiger partial charge in [-0.1, -0.05) is 42.5 Å². The number of rotatable bonds is 7. The molecule has 0 spiro atoms. The Morgan fingerprint density at radius 2 is 1.71 bits per heavy atom. The smallest absolute Gasteiger partial charge is 0.233 e. The highest BCUT2D eigenvalue weighted by Gasteiger charge is 2.10. The molecule has 2 aromatic rings. The van der Waals surface area contributed by atoms with Crippen LogP contribution in [0.5, 0.6) is 0 Å². The van der Waals surface area contributed by atoms with E-state index in [0.717, 1.165) is 29.7 Å². The molecule has 4 heteroatoms. The molecule has 0 radical (unpaired) electrons. The number of nitrogens with one attached hydrogen (secondary N) is 2. The molecule has 0 bridgehead atoms. The van der Waals surface area contributed by atoms with Crippen LogP contribution in [0.1, 0.15) is 29.5 Å². The SMILES string of the molecule is Cc1ccc(C)c(NC(=O)CC(=O)NCCCc2ccccc2)c1. The van der Waals surface area contributed by atoms with Crippen LogP contribution in [-0.2, 0) is 16.0 Å². The maximum absolute atomic E-state index is 12.0. The molecule has 0 aliphatic carbocycles. The van der Waals surface area contributed by atoms with Crippen LogP contribution in [0.25, 0.3) is 0 Å². The zero-order valence-electron chi connectivity index (χ0n) is 14.3. The fourth-order valence-electron chi connectivity index (χ4n) is 2.44. The van der Waals surface area contributed by atoms with Gasteiger partial charge in [0.2, 0.25) is 11.8 Å². The molecule has 0 atom stereocenters. The summed E-state index contributed by atoms with van der Waals surface area (Å²) >= 11 is 0. The maximum Gasteiger partial charge on any atom is 0.233 e. The molecule has 0 unspecified atom stereocenters. The summed E-state index contributed by atoms with van der Waals surface area (Å²) in [6.45, 7) is 4.47. The Kier molecular flexibility index (Phi) is 6.55. The fraction of sp³-hybridized carbons (Fsp3) is 0.300. The van der Waals surface area contributed by atoms with E-state index >= 15 is 0 Å². The van der Waals surface area contributed by atoms with Crippen LogP contribution in [0.2, 0.25) is 0 Å². The van der Waals surface area contributed by atoms with Gasteiger partial charge >= 0.3 is 0 Å². The molecule has 126 valence electrons. The highest BCUT2D eigenvalue weighted by molar-refractivity contribution is 6.03. The summed E-state index contributed by atoms with van der Waals surface area (Å²) in [6.07, 6.45) is 1.61. The first-order chi connectivity index (χ1) is 11.5. The number of anilines is 1. The topological polar surface area (TPSA) is 58.2 Å². The molecule has 0 saturated heterocycles. The monoisotopic (exact) mass is 324 g/mol. The summed E-state index contributed by atoms with van der Waals surface area (Å²) in [4.78, 5) is 23.8. The Balaban J connectivity index is 1.70. The number of benzene rings is 2. The first-order valence-corrected chi connectivity index (χ1v) is 8.22. The number of carbonyl (C=O) groups excluding carboxylic acids is 2. The minimum absolute atomic E-state index is 0.154. The van der Waals surface area contributed by atoms with Gasteiger partial charge in [0.15, 0.2) is 0 Å². The van der Waals surface area contributed by atoms with Crippen LogP contribution in [0.15, 0.2) is 48.5 Å². The largest absolute Gasteiger partial charge is 0.356 e. The first kappa shape index (κ1) is 17.7. The van der Waals surface area contributed by atoms with Crippen LogP contribution in [0, 0.1) is 13.8 Å². The third-order valence-corrected chi connectivity index (χ3v) is 3.80. The van der Waals surface area contributed by atoms with Gasteiger partial charge in [-0.3, -0.25) is 9.59 Å². The minimum atomic E-state index is -0.288. The third kappa shape index (κ3) is 5.88. The molecular weight excluding hydrogens is 300 g/mol. The van der Waals surface area contributed by atoms with E-state index in [1.165, 1.54) is 5.56 Å². The Labute approximate surface area is 143 Å². The van der Waals surface area contributed by atoms with Crippen LogP contribution in [-0.4, -0.2) is 18.4 Å². The van der Waals surface area contributed by atoms with E-state index in [0.29, 0.717) is 6.54 Å². The van der Waals surface area contributed by atoms with Crippen molar-refractivity contribution in [2.45, 2.75) is 33.1 Å². The molecule has 2 aromatic carbocycles. The number of amides is 2.